The molecule has 0 amide bonds. The maximum absolute atomic E-state index is 11.4. The van der Waals surface area contributed by atoms with Crippen molar-refractivity contribution in [1.29, 1.82) is 0 Å². The number of ether oxygens (including phenoxy) is 1. The summed E-state index contributed by atoms with van der Waals surface area (Å²) in [5.41, 5.74) is 7.27. The largest absolute Gasteiger partial charge is 0.461 e. The van der Waals surface area contributed by atoms with Crippen LogP contribution >= 0.6 is 0 Å². The maximum atomic E-state index is 11.4. The molecule has 0 spiro atoms. The Morgan fingerprint density at radius 2 is 2.20 bits per heavy atom. The van der Waals surface area contributed by atoms with Crippen LogP contribution in [0.1, 0.15) is 43.0 Å². The number of nitrogens with one attached hydrogen (secondary N) is 1. The van der Waals surface area contributed by atoms with Gasteiger partial charge in [0.25, 0.3) is 0 Å². The number of carbonyl (C=O) groups is 1. The van der Waals surface area contributed by atoms with Gasteiger partial charge >= 0.3 is 5.97 Å². The summed E-state index contributed by atoms with van der Waals surface area (Å²) in [5.74, 6) is -0.00148. The highest BCUT2D eigenvalue weighted by atomic mass is 16.5. The molecule has 0 aliphatic rings. The van der Waals surface area contributed by atoms with Crippen LogP contribution in [0.25, 0.3) is 0 Å². The third kappa shape index (κ3) is 2.83. The minimum atomic E-state index is -0.334. The lowest BCUT2D eigenvalue weighted by Gasteiger charge is -2.13. The molecule has 84 valence electrons. The molecule has 3 N–H and O–H groups in total. The number of aromatic nitrogens is 1. The fraction of sp³-hybridized carbons (Fsp3) is 0.545. The molecule has 0 aromatic carbocycles. The van der Waals surface area contributed by atoms with Crippen LogP contribution in [0.15, 0.2) is 12.1 Å². The molecular weight excluding hydrogens is 192 g/mol. The molecule has 0 unspecified atom stereocenters. The Balaban J connectivity index is 2.76. The first-order valence-corrected chi connectivity index (χ1v) is 5.17. The van der Waals surface area contributed by atoms with Crippen molar-refractivity contribution in [2.24, 2.45) is 11.7 Å². The molecule has 1 heterocycles. The van der Waals surface area contributed by atoms with Gasteiger partial charge in [-0.2, -0.15) is 0 Å². The average Bonchev–Trinajstić information content (AvgIpc) is 2.65. The molecule has 1 atom stereocenters. The highest BCUT2D eigenvalue weighted by Gasteiger charge is 2.15. The van der Waals surface area contributed by atoms with Gasteiger partial charge in [0.2, 0.25) is 0 Å². The summed E-state index contributed by atoms with van der Waals surface area (Å²) in [4.78, 5) is 14.3. The Morgan fingerprint density at radius 3 is 2.73 bits per heavy atom. The third-order valence-electron chi connectivity index (χ3n) is 2.28. The number of H-pyrrole nitrogens is 1. The number of esters is 1. The number of rotatable bonds is 4. The van der Waals surface area contributed by atoms with Gasteiger partial charge in [0.1, 0.15) is 5.69 Å². The van der Waals surface area contributed by atoms with Crippen molar-refractivity contribution in [3.05, 3.63) is 23.5 Å². The van der Waals surface area contributed by atoms with E-state index in [0.29, 0.717) is 18.2 Å². The molecule has 4 nitrogen and oxygen atoms in total. The molecule has 0 aliphatic heterocycles. The second-order valence-corrected chi connectivity index (χ2v) is 3.82. The fourth-order valence-electron chi connectivity index (χ4n) is 1.29. The molecule has 0 radical (unpaired) electrons. The quantitative estimate of drug-likeness (QED) is 0.745. The molecule has 15 heavy (non-hydrogen) atoms. The summed E-state index contributed by atoms with van der Waals surface area (Å²) >= 11 is 0. The van der Waals surface area contributed by atoms with Crippen molar-refractivity contribution in [2.75, 3.05) is 6.61 Å². The number of hydrogen-bond acceptors (Lipinski definition) is 3. The maximum Gasteiger partial charge on any atom is 0.354 e. The summed E-state index contributed by atoms with van der Waals surface area (Å²) in [5, 5.41) is 0. The van der Waals surface area contributed by atoms with Gasteiger partial charge in [-0.25, -0.2) is 4.79 Å². The van der Waals surface area contributed by atoms with Crippen molar-refractivity contribution in [3.8, 4) is 0 Å². The predicted molar refractivity (Wildman–Crippen MR) is 58.5 cm³/mol. The van der Waals surface area contributed by atoms with E-state index in [1.54, 1.807) is 13.0 Å². The molecule has 1 aromatic heterocycles. The van der Waals surface area contributed by atoms with Crippen molar-refractivity contribution in [1.82, 2.24) is 4.98 Å². The van der Waals surface area contributed by atoms with Gasteiger partial charge in [0.05, 0.1) is 6.61 Å². The fourth-order valence-corrected chi connectivity index (χ4v) is 1.29. The Morgan fingerprint density at radius 1 is 1.53 bits per heavy atom. The van der Waals surface area contributed by atoms with Crippen LogP contribution < -0.4 is 5.73 Å². The van der Waals surface area contributed by atoms with Crippen LogP contribution in [0.5, 0.6) is 0 Å². The summed E-state index contributed by atoms with van der Waals surface area (Å²) in [6.07, 6.45) is 0. The summed E-state index contributed by atoms with van der Waals surface area (Å²) in [6.45, 7) is 6.23. The van der Waals surface area contributed by atoms with Gasteiger partial charge in [0, 0.05) is 11.7 Å². The number of nitrogens with two attached hydrogens (primary N) is 1. The normalized spacial score (nSPS) is 12.9. The van der Waals surface area contributed by atoms with Crippen LogP contribution in [-0.2, 0) is 4.74 Å². The lowest BCUT2D eigenvalue weighted by molar-refractivity contribution is 0.0520. The molecule has 0 saturated carbocycles. The monoisotopic (exact) mass is 210 g/mol. The van der Waals surface area contributed by atoms with Gasteiger partial charge < -0.3 is 15.5 Å². The van der Waals surface area contributed by atoms with E-state index in [1.807, 2.05) is 19.9 Å². The van der Waals surface area contributed by atoms with Gasteiger partial charge in [-0.15, -0.1) is 0 Å². The topological polar surface area (TPSA) is 68.1 Å². The van der Waals surface area contributed by atoms with E-state index < -0.39 is 0 Å². The number of hydrogen-bond donors (Lipinski definition) is 2. The van der Waals surface area contributed by atoms with Crippen LogP contribution in [0.3, 0.4) is 0 Å². The van der Waals surface area contributed by atoms with Gasteiger partial charge in [-0.3, -0.25) is 0 Å². The molecule has 0 fully saturated rings. The van der Waals surface area contributed by atoms with Crippen molar-refractivity contribution in [2.45, 2.75) is 26.8 Å². The Labute approximate surface area is 89.8 Å². The highest BCUT2D eigenvalue weighted by Crippen LogP contribution is 2.18. The summed E-state index contributed by atoms with van der Waals surface area (Å²) in [7, 11) is 0. The van der Waals surface area contributed by atoms with Crippen molar-refractivity contribution >= 4 is 5.97 Å². The second-order valence-electron chi connectivity index (χ2n) is 3.82. The first-order valence-electron chi connectivity index (χ1n) is 5.17. The lowest BCUT2D eigenvalue weighted by Crippen LogP contribution is -2.17. The van der Waals surface area contributed by atoms with E-state index in [2.05, 4.69) is 4.98 Å². The summed E-state index contributed by atoms with van der Waals surface area (Å²) in [6, 6.07) is 3.46. The van der Waals surface area contributed by atoms with E-state index in [-0.39, 0.29) is 12.0 Å². The van der Waals surface area contributed by atoms with E-state index in [9.17, 15) is 4.79 Å². The zero-order valence-corrected chi connectivity index (χ0v) is 9.41. The lowest BCUT2D eigenvalue weighted by atomic mass is 10.0. The predicted octanol–water partition coefficient (Wildman–Crippen LogP) is 1.85. The minimum absolute atomic E-state index is 0.0758. The van der Waals surface area contributed by atoms with Crippen molar-refractivity contribution < 1.29 is 9.53 Å². The van der Waals surface area contributed by atoms with Gasteiger partial charge in [0.15, 0.2) is 0 Å². The molecule has 0 saturated heterocycles. The van der Waals surface area contributed by atoms with Gasteiger partial charge in [-0.1, -0.05) is 13.8 Å². The third-order valence-corrected chi connectivity index (χ3v) is 2.28. The Bertz CT molecular complexity index is 331. The first kappa shape index (κ1) is 11.8. The van der Waals surface area contributed by atoms with E-state index >= 15 is 0 Å². The smallest absolute Gasteiger partial charge is 0.354 e. The van der Waals surface area contributed by atoms with Crippen molar-refractivity contribution in [3.63, 3.8) is 0 Å². The van der Waals surface area contributed by atoms with Crippen LogP contribution in [0.4, 0.5) is 0 Å². The van der Waals surface area contributed by atoms with Crippen LogP contribution in [-0.4, -0.2) is 17.6 Å². The van der Waals surface area contributed by atoms with Crippen LogP contribution in [0, 0.1) is 5.92 Å². The first-order chi connectivity index (χ1) is 7.06. The number of carbonyl (C=O) groups excluding carboxylic acids is 1. The Kier molecular flexibility index (Phi) is 3.91. The zero-order chi connectivity index (χ0) is 11.4. The summed E-state index contributed by atoms with van der Waals surface area (Å²) < 4.78 is 4.87. The second kappa shape index (κ2) is 4.98. The molecule has 4 heteroatoms. The number of aromatic amines is 1. The molecule has 0 bridgehead atoms. The van der Waals surface area contributed by atoms with Gasteiger partial charge in [-0.05, 0) is 25.0 Å². The molecule has 1 aromatic rings. The molecular formula is C11H18N2O2. The van der Waals surface area contributed by atoms with E-state index in [4.69, 9.17) is 10.5 Å². The van der Waals surface area contributed by atoms with E-state index in [1.165, 1.54) is 0 Å². The zero-order valence-electron chi connectivity index (χ0n) is 9.41. The minimum Gasteiger partial charge on any atom is -0.461 e. The standard InChI is InChI=1S/C11H18N2O2/c1-4-15-11(14)9-6-5-8(13-9)10(12)7(2)3/h5-7,10,13H,4,12H2,1-3H3/t10-/m0/s1. The average molecular weight is 210 g/mol. The van der Waals surface area contributed by atoms with Crippen LogP contribution in [0.2, 0.25) is 0 Å². The molecule has 1 rings (SSSR count). The SMILES string of the molecule is CCOC(=O)c1ccc([C@@H](N)C(C)C)[nH]1. The Hall–Kier alpha value is -1.29. The molecule has 0 aliphatic carbocycles. The highest BCUT2D eigenvalue weighted by molar-refractivity contribution is 5.87. The van der Waals surface area contributed by atoms with E-state index in [0.717, 1.165) is 5.69 Å².